The van der Waals surface area contributed by atoms with Crippen molar-refractivity contribution in [3.05, 3.63) is 35.0 Å². The number of carbonyl (C=O) groups is 1. The molecule has 1 heterocycles. The van der Waals surface area contributed by atoms with Gasteiger partial charge in [-0.1, -0.05) is 0 Å². The number of hydrogen-bond donors (Lipinski definition) is 2. The number of hydrogen-bond acceptors (Lipinski definition) is 6. The summed E-state index contributed by atoms with van der Waals surface area (Å²) in [6, 6.07) is 4.06. The number of anilines is 1. The number of nitrogens with one attached hydrogen (secondary N) is 1. The number of aromatic carboxylic acids is 1. The van der Waals surface area contributed by atoms with Crippen LogP contribution in [0.3, 0.4) is 0 Å². The van der Waals surface area contributed by atoms with E-state index < -0.39 is 16.0 Å². The predicted octanol–water partition coefficient (Wildman–Crippen LogP) is 1.96. The van der Waals surface area contributed by atoms with E-state index in [0.717, 1.165) is 11.3 Å². The topological polar surface area (TPSA) is 106 Å². The number of aryl methyl sites for hydroxylation is 1. The Morgan fingerprint density at radius 2 is 2.14 bits per heavy atom. The minimum Gasteiger partial charge on any atom is -0.497 e. The van der Waals surface area contributed by atoms with Gasteiger partial charge in [0.2, 0.25) is 0 Å². The van der Waals surface area contributed by atoms with E-state index in [1.54, 1.807) is 6.92 Å². The lowest BCUT2D eigenvalue weighted by Gasteiger charge is -2.10. The molecule has 7 nitrogen and oxygen atoms in total. The molecule has 0 aliphatic heterocycles. The number of nitrogens with zero attached hydrogens (tertiary/aromatic N) is 1. The van der Waals surface area contributed by atoms with Crippen molar-refractivity contribution in [2.24, 2.45) is 0 Å². The molecule has 0 radical (unpaired) electrons. The van der Waals surface area contributed by atoms with E-state index in [4.69, 9.17) is 9.84 Å². The summed E-state index contributed by atoms with van der Waals surface area (Å²) in [6.45, 7) is 1.68. The van der Waals surface area contributed by atoms with E-state index in [9.17, 15) is 13.2 Å². The van der Waals surface area contributed by atoms with Crippen LogP contribution in [-0.4, -0.2) is 31.6 Å². The zero-order chi connectivity index (χ0) is 15.6. The van der Waals surface area contributed by atoms with Crippen molar-refractivity contribution in [1.29, 1.82) is 0 Å². The second-order valence-electron chi connectivity index (χ2n) is 4.02. The number of thiazole rings is 1. The number of carboxylic acid groups (broad SMARTS) is 1. The summed E-state index contributed by atoms with van der Waals surface area (Å²) in [6.07, 6.45) is 1.23. The molecule has 0 aliphatic carbocycles. The van der Waals surface area contributed by atoms with Gasteiger partial charge in [0, 0.05) is 0 Å². The van der Waals surface area contributed by atoms with E-state index in [0.29, 0.717) is 10.8 Å². The number of benzene rings is 1. The molecule has 0 bridgehead atoms. The molecule has 112 valence electrons. The summed E-state index contributed by atoms with van der Waals surface area (Å²) < 4.78 is 31.6. The molecule has 0 unspecified atom stereocenters. The maximum atomic E-state index is 12.2. The number of carboxylic acids is 1. The van der Waals surface area contributed by atoms with Gasteiger partial charge in [-0.25, -0.2) is 18.2 Å². The Hall–Kier alpha value is -2.13. The van der Waals surface area contributed by atoms with Gasteiger partial charge in [0.15, 0.2) is 4.21 Å². The highest BCUT2D eigenvalue weighted by molar-refractivity contribution is 7.94. The second kappa shape index (κ2) is 5.70. The molecule has 0 fully saturated rings. The third-order valence-electron chi connectivity index (χ3n) is 2.57. The lowest BCUT2D eigenvalue weighted by molar-refractivity contribution is 0.0697. The number of ether oxygens (including phenoxy) is 1. The van der Waals surface area contributed by atoms with Gasteiger partial charge >= 0.3 is 5.97 Å². The van der Waals surface area contributed by atoms with E-state index in [1.165, 1.54) is 31.5 Å². The molecule has 2 N–H and O–H groups in total. The molecular weight excluding hydrogens is 316 g/mol. The van der Waals surface area contributed by atoms with Crippen molar-refractivity contribution in [2.45, 2.75) is 11.1 Å². The first-order valence-corrected chi connectivity index (χ1v) is 8.00. The van der Waals surface area contributed by atoms with Crippen molar-refractivity contribution >= 4 is 33.0 Å². The Morgan fingerprint density at radius 3 is 2.67 bits per heavy atom. The van der Waals surface area contributed by atoms with Gasteiger partial charge in [-0.2, -0.15) is 0 Å². The van der Waals surface area contributed by atoms with Crippen molar-refractivity contribution in [3.8, 4) is 5.75 Å². The van der Waals surface area contributed by atoms with Crippen LogP contribution in [0.4, 0.5) is 5.69 Å². The summed E-state index contributed by atoms with van der Waals surface area (Å²) >= 11 is 1.00. The average molecular weight is 328 g/mol. The fourth-order valence-corrected chi connectivity index (χ4v) is 3.76. The molecule has 0 aliphatic rings. The maximum Gasteiger partial charge on any atom is 0.337 e. The van der Waals surface area contributed by atoms with E-state index in [2.05, 4.69) is 9.71 Å². The number of aromatic nitrogens is 1. The molecule has 2 aromatic rings. The van der Waals surface area contributed by atoms with Crippen LogP contribution in [0, 0.1) is 6.92 Å². The molecular formula is C12H12N2O5S2. The van der Waals surface area contributed by atoms with Gasteiger partial charge in [0.05, 0.1) is 29.6 Å². The smallest absolute Gasteiger partial charge is 0.337 e. The molecule has 9 heteroatoms. The first-order valence-electron chi connectivity index (χ1n) is 5.70. The maximum absolute atomic E-state index is 12.2. The van der Waals surface area contributed by atoms with Gasteiger partial charge in [0.25, 0.3) is 10.0 Å². The van der Waals surface area contributed by atoms with Gasteiger partial charge in [-0.15, -0.1) is 11.3 Å². The first-order chi connectivity index (χ1) is 9.83. The summed E-state index contributed by atoms with van der Waals surface area (Å²) in [7, 11) is -2.47. The van der Waals surface area contributed by atoms with Crippen molar-refractivity contribution < 1.29 is 23.1 Å². The van der Waals surface area contributed by atoms with Crippen LogP contribution < -0.4 is 9.46 Å². The standard InChI is InChI=1S/C12H12N2O5S2/c1-7-13-6-11(20-7)21(17,18)14-10-4-3-8(19-2)5-9(10)12(15)16/h3-6,14H,1-2H3,(H,15,16). The largest absolute Gasteiger partial charge is 0.497 e. The fourth-order valence-electron chi connectivity index (χ4n) is 1.58. The highest BCUT2D eigenvalue weighted by atomic mass is 32.2. The lowest BCUT2D eigenvalue weighted by Crippen LogP contribution is -2.14. The Balaban J connectivity index is 2.41. The highest BCUT2D eigenvalue weighted by Crippen LogP contribution is 2.26. The number of rotatable bonds is 5. The third-order valence-corrected chi connectivity index (χ3v) is 5.31. The summed E-state index contributed by atoms with van der Waals surface area (Å²) in [5.41, 5.74) is -0.228. The van der Waals surface area contributed by atoms with E-state index >= 15 is 0 Å². The van der Waals surface area contributed by atoms with Crippen LogP contribution in [0.25, 0.3) is 0 Å². The Labute approximate surface area is 125 Å². The lowest BCUT2D eigenvalue weighted by atomic mass is 10.2. The number of methoxy groups -OCH3 is 1. The Bertz CT molecular complexity index is 783. The van der Waals surface area contributed by atoms with Crippen LogP contribution >= 0.6 is 11.3 Å². The van der Waals surface area contributed by atoms with Crippen LogP contribution in [0.15, 0.2) is 28.6 Å². The summed E-state index contributed by atoms with van der Waals surface area (Å²) in [5, 5.41) is 9.76. The van der Waals surface area contributed by atoms with E-state index in [-0.39, 0.29) is 15.5 Å². The minimum atomic E-state index is -3.87. The normalized spacial score (nSPS) is 11.1. The zero-order valence-corrected chi connectivity index (χ0v) is 12.8. The van der Waals surface area contributed by atoms with Gasteiger partial charge in [-0.3, -0.25) is 4.72 Å². The van der Waals surface area contributed by atoms with Crippen LogP contribution in [0.5, 0.6) is 5.75 Å². The zero-order valence-electron chi connectivity index (χ0n) is 11.2. The van der Waals surface area contributed by atoms with Crippen molar-refractivity contribution in [3.63, 3.8) is 0 Å². The molecule has 0 spiro atoms. The van der Waals surface area contributed by atoms with Crippen molar-refractivity contribution in [1.82, 2.24) is 4.98 Å². The molecule has 0 atom stereocenters. The molecule has 2 rings (SSSR count). The third kappa shape index (κ3) is 3.31. The molecule has 1 aromatic heterocycles. The first kappa shape index (κ1) is 15.3. The average Bonchev–Trinajstić information content (AvgIpc) is 2.86. The molecule has 21 heavy (non-hydrogen) atoms. The Kier molecular flexibility index (Phi) is 4.14. The second-order valence-corrected chi connectivity index (χ2v) is 7.16. The van der Waals surface area contributed by atoms with E-state index in [1.807, 2.05) is 0 Å². The molecule has 0 amide bonds. The quantitative estimate of drug-likeness (QED) is 0.869. The van der Waals surface area contributed by atoms with Gasteiger partial charge in [0.1, 0.15) is 5.75 Å². The molecule has 0 saturated carbocycles. The summed E-state index contributed by atoms with van der Waals surface area (Å²) in [5.74, 6) is -0.934. The van der Waals surface area contributed by atoms with Gasteiger partial charge in [-0.05, 0) is 25.1 Å². The van der Waals surface area contributed by atoms with Crippen molar-refractivity contribution in [2.75, 3.05) is 11.8 Å². The predicted molar refractivity (Wildman–Crippen MR) is 77.6 cm³/mol. The minimum absolute atomic E-state index is 0.0205. The van der Waals surface area contributed by atoms with Crippen LogP contribution in [0.2, 0.25) is 0 Å². The van der Waals surface area contributed by atoms with Crippen LogP contribution in [0.1, 0.15) is 15.4 Å². The van der Waals surface area contributed by atoms with Crippen LogP contribution in [-0.2, 0) is 10.0 Å². The summed E-state index contributed by atoms with van der Waals surface area (Å²) in [4.78, 5) is 15.1. The van der Waals surface area contributed by atoms with Gasteiger partial charge < -0.3 is 9.84 Å². The Morgan fingerprint density at radius 1 is 1.43 bits per heavy atom. The molecule has 1 aromatic carbocycles. The highest BCUT2D eigenvalue weighted by Gasteiger charge is 2.21. The monoisotopic (exact) mass is 328 g/mol. The molecule has 0 saturated heterocycles. The fraction of sp³-hybridized carbons (Fsp3) is 0.167. The number of sulfonamides is 1. The SMILES string of the molecule is COc1ccc(NS(=O)(=O)c2cnc(C)s2)c(C(=O)O)c1.